The van der Waals surface area contributed by atoms with E-state index < -0.39 is 5.97 Å². The number of nitrogens with zero attached hydrogens (tertiary/aromatic N) is 1. The number of aliphatic carboxylic acids is 1. The predicted octanol–water partition coefficient (Wildman–Crippen LogP) is 1.91. The zero-order chi connectivity index (χ0) is 10.1. The molecule has 0 aliphatic carbocycles. The van der Waals surface area contributed by atoms with Gasteiger partial charge in [-0.1, -0.05) is 18.2 Å². The molecule has 3 heteroatoms. The summed E-state index contributed by atoms with van der Waals surface area (Å²) in [6, 6.07) is 7.64. The van der Waals surface area contributed by atoms with E-state index in [1.165, 1.54) is 0 Å². The Balaban J connectivity index is 2.60. The second kappa shape index (κ2) is 3.18. The van der Waals surface area contributed by atoms with Crippen molar-refractivity contribution in [3.8, 4) is 0 Å². The van der Waals surface area contributed by atoms with Crippen LogP contribution in [0.4, 0.5) is 0 Å². The smallest absolute Gasteiger partial charge is 0.323 e. The van der Waals surface area contributed by atoms with E-state index in [2.05, 4.69) is 6.92 Å². The third-order valence-electron chi connectivity index (χ3n) is 2.18. The monoisotopic (exact) mass is 188 g/mol. The minimum absolute atomic E-state index is 0.0178. The first-order chi connectivity index (χ1) is 6.68. The van der Waals surface area contributed by atoms with Crippen molar-refractivity contribution >= 4 is 16.9 Å². The highest BCUT2D eigenvalue weighted by Crippen LogP contribution is 2.19. The van der Waals surface area contributed by atoms with Crippen LogP contribution in [0.2, 0.25) is 0 Å². The normalized spacial score (nSPS) is 10.6. The molecule has 1 radical (unpaired) electrons. The van der Waals surface area contributed by atoms with Gasteiger partial charge in [0, 0.05) is 17.1 Å². The molecule has 1 aromatic carbocycles. The maximum Gasteiger partial charge on any atom is 0.323 e. The molecule has 0 saturated heterocycles. The summed E-state index contributed by atoms with van der Waals surface area (Å²) in [6.07, 6.45) is 1.76. The van der Waals surface area contributed by atoms with E-state index in [0.717, 1.165) is 16.5 Å². The molecule has 0 aliphatic heterocycles. The molecule has 0 unspecified atom stereocenters. The molecular formula is C11H10NO2. The van der Waals surface area contributed by atoms with Crippen molar-refractivity contribution in [1.82, 2.24) is 4.57 Å². The first kappa shape index (κ1) is 8.81. The van der Waals surface area contributed by atoms with Crippen LogP contribution in [-0.2, 0) is 11.3 Å². The number of rotatable bonds is 2. The minimum Gasteiger partial charge on any atom is -0.480 e. The van der Waals surface area contributed by atoms with Gasteiger partial charge in [0.05, 0.1) is 0 Å². The fraction of sp³-hybridized carbons (Fsp3) is 0.0909. The predicted molar refractivity (Wildman–Crippen MR) is 54.0 cm³/mol. The van der Waals surface area contributed by atoms with Crippen LogP contribution in [0.1, 0.15) is 5.56 Å². The third-order valence-corrected chi connectivity index (χ3v) is 2.18. The van der Waals surface area contributed by atoms with E-state index in [-0.39, 0.29) is 6.54 Å². The Bertz CT molecular complexity index is 485. The van der Waals surface area contributed by atoms with Crippen molar-refractivity contribution in [2.24, 2.45) is 0 Å². The number of carboxylic acid groups (broad SMARTS) is 1. The lowest BCUT2D eigenvalue weighted by molar-refractivity contribution is -0.137. The topological polar surface area (TPSA) is 42.2 Å². The van der Waals surface area contributed by atoms with E-state index in [1.54, 1.807) is 10.8 Å². The van der Waals surface area contributed by atoms with Gasteiger partial charge in [-0.2, -0.15) is 0 Å². The van der Waals surface area contributed by atoms with Gasteiger partial charge in [-0.25, -0.2) is 0 Å². The molecule has 0 bridgehead atoms. The van der Waals surface area contributed by atoms with Gasteiger partial charge in [0.25, 0.3) is 0 Å². The fourth-order valence-corrected chi connectivity index (χ4v) is 1.60. The standard InChI is InChI=1S/C11H10NO2/c1-8-6-12(7-11(13)14)10-5-3-2-4-9(8)10/h2-6H,1,7H2,(H,13,14). The van der Waals surface area contributed by atoms with Crippen molar-refractivity contribution < 1.29 is 9.90 Å². The second-order valence-electron chi connectivity index (χ2n) is 3.19. The molecule has 3 nitrogen and oxygen atoms in total. The average molecular weight is 188 g/mol. The van der Waals surface area contributed by atoms with Gasteiger partial charge < -0.3 is 9.67 Å². The van der Waals surface area contributed by atoms with E-state index in [9.17, 15) is 4.79 Å². The van der Waals surface area contributed by atoms with Gasteiger partial charge in [-0.3, -0.25) is 4.79 Å². The zero-order valence-electron chi connectivity index (χ0n) is 7.60. The molecule has 0 amide bonds. The van der Waals surface area contributed by atoms with E-state index in [0.29, 0.717) is 0 Å². The number of benzene rings is 1. The molecule has 14 heavy (non-hydrogen) atoms. The van der Waals surface area contributed by atoms with Crippen molar-refractivity contribution in [2.75, 3.05) is 0 Å². The number of hydrogen-bond donors (Lipinski definition) is 1. The number of aromatic nitrogens is 1. The van der Waals surface area contributed by atoms with Crippen LogP contribution in [-0.4, -0.2) is 15.6 Å². The molecule has 1 N–H and O–H groups in total. The molecule has 71 valence electrons. The van der Waals surface area contributed by atoms with Crippen LogP contribution in [0.25, 0.3) is 10.9 Å². The maximum absolute atomic E-state index is 10.6. The van der Waals surface area contributed by atoms with Crippen molar-refractivity contribution in [3.63, 3.8) is 0 Å². The van der Waals surface area contributed by atoms with Gasteiger partial charge in [-0.15, -0.1) is 0 Å². The number of hydrogen-bond acceptors (Lipinski definition) is 1. The summed E-state index contributed by atoms with van der Waals surface area (Å²) >= 11 is 0. The lowest BCUT2D eigenvalue weighted by atomic mass is 10.2. The van der Waals surface area contributed by atoms with Gasteiger partial charge in [0.15, 0.2) is 0 Å². The number of carbonyl (C=O) groups is 1. The first-order valence-electron chi connectivity index (χ1n) is 4.30. The molecule has 2 aromatic rings. The summed E-state index contributed by atoms with van der Waals surface area (Å²) in [5, 5.41) is 9.70. The van der Waals surface area contributed by atoms with Gasteiger partial charge in [0.2, 0.25) is 0 Å². The maximum atomic E-state index is 10.6. The SMILES string of the molecule is [CH2]c1cn(CC(=O)O)c2ccccc12. The molecule has 0 saturated carbocycles. The molecule has 0 fully saturated rings. The molecule has 0 spiro atoms. The Hall–Kier alpha value is -1.77. The van der Waals surface area contributed by atoms with Gasteiger partial charge in [0.1, 0.15) is 6.54 Å². The summed E-state index contributed by atoms with van der Waals surface area (Å²) in [4.78, 5) is 10.6. The van der Waals surface area contributed by atoms with Crippen molar-refractivity contribution in [1.29, 1.82) is 0 Å². The Morgan fingerprint density at radius 3 is 2.86 bits per heavy atom. The summed E-state index contributed by atoms with van der Waals surface area (Å²) in [7, 11) is 0. The summed E-state index contributed by atoms with van der Waals surface area (Å²) in [5.74, 6) is -0.842. The van der Waals surface area contributed by atoms with Crippen LogP contribution in [0, 0.1) is 6.92 Å². The van der Waals surface area contributed by atoms with Crippen LogP contribution >= 0.6 is 0 Å². The van der Waals surface area contributed by atoms with Gasteiger partial charge >= 0.3 is 5.97 Å². The highest BCUT2D eigenvalue weighted by Gasteiger charge is 2.06. The van der Waals surface area contributed by atoms with Crippen LogP contribution < -0.4 is 0 Å². The first-order valence-corrected chi connectivity index (χ1v) is 4.30. The number of para-hydroxylation sites is 1. The summed E-state index contributed by atoms with van der Waals surface area (Å²) in [5.41, 5.74) is 1.78. The van der Waals surface area contributed by atoms with E-state index >= 15 is 0 Å². The fourth-order valence-electron chi connectivity index (χ4n) is 1.60. The van der Waals surface area contributed by atoms with E-state index in [4.69, 9.17) is 5.11 Å². The van der Waals surface area contributed by atoms with Crippen LogP contribution in [0.3, 0.4) is 0 Å². The van der Waals surface area contributed by atoms with Gasteiger partial charge in [-0.05, 0) is 18.6 Å². The highest BCUT2D eigenvalue weighted by molar-refractivity contribution is 5.85. The molecule has 2 rings (SSSR count). The Kier molecular flexibility index (Phi) is 2.00. The average Bonchev–Trinajstić information content (AvgIpc) is 2.44. The summed E-state index contributed by atoms with van der Waals surface area (Å²) in [6.45, 7) is 3.85. The van der Waals surface area contributed by atoms with Crippen molar-refractivity contribution in [3.05, 3.63) is 42.9 Å². The Morgan fingerprint density at radius 1 is 1.43 bits per heavy atom. The molecule has 1 heterocycles. The van der Waals surface area contributed by atoms with Crippen LogP contribution in [0.15, 0.2) is 30.5 Å². The largest absolute Gasteiger partial charge is 0.480 e. The summed E-state index contributed by atoms with van der Waals surface area (Å²) < 4.78 is 1.69. The third kappa shape index (κ3) is 1.37. The Labute approximate surface area is 81.6 Å². The van der Waals surface area contributed by atoms with Crippen molar-refractivity contribution in [2.45, 2.75) is 6.54 Å². The highest BCUT2D eigenvalue weighted by atomic mass is 16.4. The Morgan fingerprint density at radius 2 is 2.14 bits per heavy atom. The second-order valence-corrected chi connectivity index (χ2v) is 3.19. The lowest BCUT2D eigenvalue weighted by Gasteiger charge is -1.99. The number of carboxylic acids is 1. The quantitative estimate of drug-likeness (QED) is 0.782. The zero-order valence-corrected chi connectivity index (χ0v) is 7.60. The minimum atomic E-state index is -0.842. The molecular weight excluding hydrogens is 178 g/mol. The molecule has 1 aromatic heterocycles. The molecule has 0 aliphatic rings. The van der Waals surface area contributed by atoms with Crippen LogP contribution in [0.5, 0.6) is 0 Å². The molecule has 0 atom stereocenters. The number of fused-ring (bicyclic) bond motifs is 1. The lowest BCUT2D eigenvalue weighted by Crippen LogP contribution is -2.07. The van der Waals surface area contributed by atoms with E-state index in [1.807, 2.05) is 24.3 Å².